The van der Waals surface area contributed by atoms with Gasteiger partial charge in [-0.15, -0.1) is 0 Å². The van der Waals surface area contributed by atoms with Crippen LogP contribution >= 0.6 is 0 Å². The van der Waals surface area contributed by atoms with Crippen LogP contribution in [0.3, 0.4) is 0 Å². The highest BCUT2D eigenvalue weighted by Gasteiger charge is 2.38. The molecule has 1 atom stereocenters. The van der Waals surface area contributed by atoms with Crippen LogP contribution in [0.2, 0.25) is 0 Å². The Morgan fingerprint density at radius 2 is 1.90 bits per heavy atom. The minimum atomic E-state index is -0.0434. The van der Waals surface area contributed by atoms with E-state index in [1.165, 1.54) is 25.7 Å². The second kappa shape index (κ2) is 7.43. The van der Waals surface area contributed by atoms with Crippen LogP contribution in [0.25, 0.3) is 0 Å². The molecule has 1 saturated heterocycles. The van der Waals surface area contributed by atoms with Crippen molar-refractivity contribution in [1.29, 1.82) is 0 Å². The summed E-state index contributed by atoms with van der Waals surface area (Å²) in [5.41, 5.74) is 6.42. The number of hydrogen-bond acceptors (Lipinski definition) is 3. The van der Waals surface area contributed by atoms with Crippen molar-refractivity contribution in [3.63, 3.8) is 0 Å². The van der Waals surface area contributed by atoms with Gasteiger partial charge in [0.1, 0.15) is 0 Å². The first-order valence-electron chi connectivity index (χ1n) is 8.91. The summed E-state index contributed by atoms with van der Waals surface area (Å²) in [6, 6.07) is 0. The Balaban J connectivity index is 1.70. The van der Waals surface area contributed by atoms with Crippen LogP contribution in [0.4, 0.5) is 0 Å². The average molecular weight is 297 g/mol. The van der Waals surface area contributed by atoms with Crippen molar-refractivity contribution in [3.05, 3.63) is 0 Å². The fourth-order valence-corrected chi connectivity index (χ4v) is 3.89. The number of ether oxygens (including phenoxy) is 2. The largest absolute Gasteiger partial charge is 0.378 e. The Labute approximate surface area is 130 Å². The number of hydrogen-bond donors (Lipinski definition) is 1. The summed E-state index contributed by atoms with van der Waals surface area (Å²) in [6.07, 6.45) is 9.97. The van der Waals surface area contributed by atoms with E-state index in [0.717, 1.165) is 44.8 Å². The van der Waals surface area contributed by atoms with Crippen molar-refractivity contribution < 1.29 is 9.47 Å². The van der Waals surface area contributed by atoms with Gasteiger partial charge in [0.05, 0.1) is 11.7 Å². The van der Waals surface area contributed by atoms with Crippen LogP contribution in [-0.4, -0.2) is 31.5 Å². The molecule has 3 nitrogen and oxygen atoms in total. The maximum Gasteiger partial charge on any atom is 0.0804 e. The molecule has 0 bridgehead atoms. The van der Waals surface area contributed by atoms with Gasteiger partial charge >= 0.3 is 0 Å². The molecular formula is C18H35NO2. The van der Waals surface area contributed by atoms with Gasteiger partial charge in [0.15, 0.2) is 0 Å². The third-order valence-electron chi connectivity index (χ3n) is 5.60. The average Bonchev–Trinajstić information content (AvgIpc) is 2.96. The summed E-state index contributed by atoms with van der Waals surface area (Å²) in [6.45, 7) is 9.54. The van der Waals surface area contributed by atoms with Gasteiger partial charge in [0.2, 0.25) is 0 Å². The van der Waals surface area contributed by atoms with Gasteiger partial charge in [-0.25, -0.2) is 0 Å². The van der Waals surface area contributed by atoms with Crippen LogP contribution < -0.4 is 5.73 Å². The van der Waals surface area contributed by atoms with Gasteiger partial charge in [-0.1, -0.05) is 20.8 Å². The fraction of sp³-hybridized carbons (Fsp3) is 1.00. The first-order valence-corrected chi connectivity index (χ1v) is 8.91. The summed E-state index contributed by atoms with van der Waals surface area (Å²) in [5.74, 6) is 0.813. The molecule has 1 aliphatic carbocycles. The smallest absolute Gasteiger partial charge is 0.0804 e. The lowest BCUT2D eigenvalue weighted by molar-refractivity contribution is -0.0824. The summed E-state index contributed by atoms with van der Waals surface area (Å²) in [4.78, 5) is 0. The molecular weight excluding hydrogens is 262 g/mol. The molecule has 2 fully saturated rings. The topological polar surface area (TPSA) is 44.5 Å². The summed E-state index contributed by atoms with van der Waals surface area (Å²) >= 11 is 0. The van der Waals surface area contributed by atoms with E-state index in [0.29, 0.717) is 18.1 Å². The van der Waals surface area contributed by atoms with Crippen molar-refractivity contribution in [2.45, 2.75) is 83.8 Å². The molecule has 1 unspecified atom stereocenters. The van der Waals surface area contributed by atoms with Gasteiger partial charge in [-0.3, -0.25) is 0 Å². The summed E-state index contributed by atoms with van der Waals surface area (Å²) in [5, 5.41) is 0. The third kappa shape index (κ3) is 4.94. The second-order valence-electron chi connectivity index (χ2n) is 8.15. The molecule has 0 radical (unpaired) electrons. The van der Waals surface area contributed by atoms with E-state index < -0.39 is 0 Å². The molecule has 0 aromatic rings. The Hall–Kier alpha value is -0.120. The highest BCUT2D eigenvalue weighted by molar-refractivity contribution is 4.91. The van der Waals surface area contributed by atoms with E-state index in [9.17, 15) is 0 Å². The standard InChI is InChI=1S/C18H35NO2/c1-17(2,3)15-8-10-18(14-19,11-9-15)21-13-5-7-16-6-4-12-20-16/h15-16H,4-14,19H2,1-3H3. The van der Waals surface area contributed by atoms with Gasteiger partial charge in [0, 0.05) is 19.8 Å². The molecule has 0 aromatic carbocycles. The lowest BCUT2D eigenvalue weighted by Crippen LogP contribution is -2.45. The molecule has 2 aliphatic rings. The molecule has 0 amide bonds. The third-order valence-corrected chi connectivity index (χ3v) is 5.60. The van der Waals surface area contributed by atoms with Crippen LogP contribution in [-0.2, 0) is 9.47 Å². The molecule has 124 valence electrons. The zero-order chi connectivity index (χ0) is 15.3. The quantitative estimate of drug-likeness (QED) is 0.756. The highest BCUT2D eigenvalue weighted by Crippen LogP contribution is 2.42. The van der Waals surface area contributed by atoms with Gasteiger partial charge < -0.3 is 15.2 Å². The Kier molecular flexibility index (Phi) is 6.10. The lowest BCUT2D eigenvalue weighted by atomic mass is 9.68. The van der Waals surface area contributed by atoms with Gasteiger partial charge in [0.25, 0.3) is 0 Å². The van der Waals surface area contributed by atoms with Gasteiger partial charge in [-0.05, 0) is 62.7 Å². The fourth-order valence-electron chi connectivity index (χ4n) is 3.89. The summed E-state index contributed by atoms with van der Waals surface area (Å²) in [7, 11) is 0. The number of rotatable bonds is 6. The molecule has 1 aliphatic heterocycles. The van der Waals surface area contributed by atoms with Crippen molar-refractivity contribution in [3.8, 4) is 0 Å². The summed E-state index contributed by atoms with van der Waals surface area (Å²) < 4.78 is 11.9. The van der Waals surface area contributed by atoms with Gasteiger partial charge in [-0.2, -0.15) is 0 Å². The Morgan fingerprint density at radius 3 is 2.43 bits per heavy atom. The maximum atomic E-state index is 6.26. The lowest BCUT2D eigenvalue weighted by Gasteiger charge is -2.43. The van der Waals surface area contributed by atoms with E-state index in [-0.39, 0.29) is 5.60 Å². The predicted molar refractivity (Wildman–Crippen MR) is 87.4 cm³/mol. The maximum absolute atomic E-state index is 6.26. The first-order chi connectivity index (χ1) is 9.95. The minimum absolute atomic E-state index is 0.0434. The van der Waals surface area contributed by atoms with E-state index in [4.69, 9.17) is 15.2 Å². The molecule has 0 aromatic heterocycles. The van der Waals surface area contributed by atoms with Crippen LogP contribution in [0.15, 0.2) is 0 Å². The zero-order valence-electron chi connectivity index (χ0n) is 14.3. The van der Waals surface area contributed by atoms with Crippen molar-refractivity contribution in [2.75, 3.05) is 19.8 Å². The van der Waals surface area contributed by atoms with Crippen molar-refractivity contribution in [1.82, 2.24) is 0 Å². The first kappa shape index (κ1) is 17.2. The Morgan fingerprint density at radius 1 is 1.19 bits per heavy atom. The normalized spacial score (nSPS) is 34.3. The minimum Gasteiger partial charge on any atom is -0.378 e. The zero-order valence-corrected chi connectivity index (χ0v) is 14.3. The molecule has 2 rings (SSSR count). The van der Waals surface area contributed by atoms with E-state index in [1.54, 1.807) is 0 Å². The van der Waals surface area contributed by atoms with Crippen LogP contribution in [0.1, 0.15) is 72.1 Å². The molecule has 21 heavy (non-hydrogen) atoms. The highest BCUT2D eigenvalue weighted by atomic mass is 16.5. The molecule has 1 saturated carbocycles. The molecule has 2 N–H and O–H groups in total. The van der Waals surface area contributed by atoms with E-state index >= 15 is 0 Å². The van der Waals surface area contributed by atoms with Crippen LogP contribution in [0.5, 0.6) is 0 Å². The monoisotopic (exact) mass is 297 g/mol. The Bertz CT molecular complexity index is 297. The predicted octanol–water partition coefficient (Wildman–Crippen LogP) is 3.90. The van der Waals surface area contributed by atoms with E-state index in [1.807, 2.05) is 0 Å². The van der Waals surface area contributed by atoms with Crippen LogP contribution in [0, 0.1) is 11.3 Å². The van der Waals surface area contributed by atoms with Crippen molar-refractivity contribution >= 4 is 0 Å². The number of nitrogens with two attached hydrogens (primary N) is 1. The second-order valence-corrected chi connectivity index (χ2v) is 8.15. The molecule has 0 spiro atoms. The molecule has 3 heteroatoms. The van der Waals surface area contributed by atoms with E-state index in [2.05, 4.69) is 20.8 Å². The molecule has 1 heterocycles. The SMILES string of the molecule is CC(C)(C)C1CCC(CN)(OCCCC2CCCO2)CC1. The van der Waals surface area contributed by atoms with Crippen molar-refractivity contribution in [2.24, 2.45) is 17.1 Å².